The molecule has 0 aromatic heterocycles. The van der Waals surface area contributed by atoms with Crippen LogP contribution in [-0.2, 0) is 4.79 Å². The van der Waals surface area contributed by atoms with Gasteiger partial charge in [0.2, 0.25) is 0 Å². The number of carboxylic acids is 1. The van der Waals surface area contributed by atoms with E-state index in [1.807, 2.05) is 0 Å². The number of carboxylic acid groups (broad SMARTS) is 1. The Bertz CT molecular complexity index is 186. The molecule has 1 heterocycles. The molecular formula is C8H14ClNO2. The average molecular weight is 192 g/mol. The summed E-state index contributed by atoms with van der Waals surface area (Å²) >= 11 is 0. The standard InChI is InChI=1S/C8H13NO2.ClH/c10-8(11)6-4-9-7-3-1-2-5(6)7;/h5-7,9H,1-4H2,(H,10,11);1H. The summed E-state index contributed by atoms with van der Waals surface area (Å²) in [5, 5.41) is 12.1. The smallest absolute Gasteiger partial charge is 0.308 e. The summed E-state index contributed by atoms with van der Waals surface area (Å²) in [5.74, 6) is -0.304. The maximum absolute atomic E-state index is 10.7. The highest BCUT2D eigenvalue weighted by Crippen LogP contribution is 2.35. The van der Waals surface area contributed by atoms with Crippen LogP contribution in [0.3, 0.4) is 0 Å². The van der Waals surface area contributed by atoms with E-state index in [9.17, 15) is 4.79 Å². The minimum atomic E-state index is -0.619. The molecule has 3 atom stereocenters. The highest BCUT2D eigenvalue weighted by atomic mass is 35.5. The molecule has 0 aromatic carbocycles. The Balaban J connectivity index is 0.000000720. The van der Waals surface area contributed by atoms with E-state index in [4.69, 9.17) is 5.11 Å². The van der Waals surface area contributed by atoms with Crippen molar-refractivity contribution in [1.82, 2.24) is 5.32 Å². The quantitative estimate of drug-likeness (QED) is 0.647. The summed E-state index contributed by atoms with van der Waals surface area (Å²) in [4.78, 5) is 10.7. The topological polar surface area (TPSA) is 49.3 Å². The number of halogens is 1. The van der Waals surface area contributed by atoms with Gasteiger partial charge in [-0.05, 0) is 18.8 Å². The second-order valence-electron chi connectivity index (χ2n) is 3.55. The van der Waals surface area contributed by atoms with Crippen molar-refractivity contribution in [2.45, 2.75) is 25.3 Å². The van der Waals surface area contributed by atoms with Crippen molar-refractivity contribution < 1.29 is 9.90 Å². The lowest BCUT2D eigenvalue weighted by molar-refractivity contribution is -0.142. The van der Waals surface area contributed by atoms with Crippen LogP contribution in [-0.4, -0.2) is 23.7 Å². The van der Waals surface area contributed by atoms with Gasteiger partial charge in [0.1, 0.15) is 0 Å². The lowest BCUT2D eigenvalue weighted by atomic mass is 9.93. The first-order valence-corrected chi connectivity index (χ1v) is 4.25. The predicted molar refractivity (Wildman–Crippen MR) is 47.5 cm³/mol. The van der Waals surface area contributed by atoms with Crippen LogP contribution >= 0.6 is 12.4 Å². The Labute approximate surface area is 77.9 Å². The van der Waals surface area contributed by atoms with Crippen molar-refractivity contribution in [3.8, 4) is 0 Å². The van der Waals surface area contributed by atoms with Crippen molar-refractivity contribution >= 4 is 18.4 Å². The third-order valence-electron chi connectivity index (χ3n) is 3.00. The van der Waals surface area contributed by atoms with Crippen LogP contribution in [0.2, 0.25) is 0 Å². The fourth-order valence-electron chi connectivity index (χ4n) is 2.42. The number of fused-ring (bicyclic) bond motifs is 1. The first kappa shape index (κ1) is 9.81. The van der Waals surface area contributed by atoms with Crippen molar-refractivity contribution in [2.24, 2.45) is 11.8 Å². The lowest BCUT2D eigenvalue weighted by Crippen LogP contribution is -2.22. The molecule has 2 rings (SSSR count). The van der Waals surface area contributed by atoms with Crippen molar-refractivity contribution in [1.29, 1.82) is 0 Å². The van der Waals surface area contributed by atoms with Gasteiger partial charge in [0.25, 0.3) is 0 Å². The van der Waals surface area contributed by atoms with E-state index < -0.39 is 5.97 Å². The number of nitrogens with one attached hydrogen (secondary N) is 1. The number of hydrogen-bond acceptors (Lipinski definition) is 2. The summed E-state index contributed by atoms with van der Waals surface area (Å²) in [7, 11) is 0. The molecule has 1 aliphatic heterocycles. The summed E-state index contributed by atoms with van der Waals surface area (Å²) < 4.78 is 0. The van der Waals surface area contributed by atoms with Gasteiger partial charge >= 0.3 is 5.97 Å². The van der Waals surface area contributed by atoms with Gasteiger partial charge in [-0.2, -0.15) is 0 Å². The largest absolute Gasteiger partial charge is 0.481 e. The molecule has 0 bridgehead atoms. The summed E-state index contributed by atoms with van der Waals surface area (Å²) in [6.45, 7) is 0.685. The Morgan fingerprint density at radius 3 is 2.83 bits per heavy atom. The molecule has 4 heteroatoms. The fourth-order valence-corrected chi connectivity index (χ4v) is 2.42. The molecule has 2 aliphatic rings. The molecule has 12 heavy (non-hydrogen) atoms. The molecule has 1 saturated heterocycles. The Morgan fingerprint density at radius 2 is 2.17 bits per heavy atom. The van der Waals surface area contributed by atoms with Crippen LogP contribution in [0.4, 0.5) is 0 Å². The average Bonchev–Trinajstić information content (AvgIpc) is 2.41. The van der Waals surface area contributed by atoms with Crippen LogP contribution in [0.1, 0.15) is 19.3 Å². The number of hydrogen-bond donors (Lipinski definition) is 2. The Morgan fingerprint density at radius 1 is 1.42 bits per heavy atom. The van der Waals surface area contributed by atoms with E-state index in [0.717, 1.165) is 6.42 Å². The van der Waals surface area contributed by atoms with Crippen LogP contribution in [0, 0.1) is 11.8 Å². The van der Waals surface area contributed by atoms with Crippen LogP contribution in [0.5, 0.6) is 0 Å². The maximum Gasteiger partial charge on any atom is 0.308 e. The number of carbonyl (C=O) groups is 1. The third-order valence-corrected chi connectivity index (χ3v) is 3.00. The number of rotatable bonds is 1. The summed E-state index contributed by atoms with van der Waals surface area (Å²) in [6.07, 6.45) is 3.48. The van der Waals surface area contributed by atoms with Gasteiger partial charge in [-0.15, -0.1) is 12.4 Å². The van der Waals surface area contributed by atoms with Crippen LogP contribution in [0.25, 0.3) is 0 Å². The summed E-state index contributed by atoms with van der Waals surface area (Å²) in [5.41, 5.74) is 0. The minimum Gasteiger partial charge on any atom is -0.481 e. The zero-order valence-corrected chi connectivity index (χ0v) is 7.64. The maximum atomic E-state index is 10.7. The molecule has 2 fully saturated rings. The zero-order valence-electron chi connectivity index (χ0n) is 6.82. The second-order valence-corrected chi connectivity index (χ2v) is 3.55. The van der Waals surface area contributed by atoms with E-state index in [2.05, 4.69) is 5.32 Å². The van der Waals surface area contributed by atoms with E-state index in [1.165, 1.54) is 12.8 Å². The fraction of sp³-hybridized carbons (Fsp3) is 0.875. The second kappa shape index (κ2) is 3.62. The molecule has 0 spiro atoms. The van der Waals surface area contributed by atoms with Crippen LogP contribution in [0.15, 0.2) is 0 Å². The molecule has 70 valence electrons. The van der Waals surface area contributed by atoms with E-state index in [1.54, 1.807) is 0 Å². The van der Waals surface area contributed by atoms with Gasteiger partial charge in [0.05, 0.1) is 5.92 Å². The van der Waals surface area contributed by atoms with Gasteiger partial charge in [0, 0.05) is 12.6 Å². The molecule has 1 saturated carbocycles. The van der Waals surface area contributed by atoms with Gasteiger partial charge in [-0.3, -0.25) is 4.79 Å². The van der Waals surface area contributed by atoms with E-state index in [0.29, 0.717) is 18.5 Å². The highest BCUT2D eigenvalue weighted by molar-refractivity contribution is 5.85. The third kappa shape index (κ3) is 1.43. The zero-order chi connectivity index (χ0) is 7.84. The van der Waals surface area contributed by atoms with Crippen molar-refractivity contribution in [3.63, 3.8) is 0 Å². The van der Waals surface area contributed by atoms with Gasteiger partial charge in [0.15, 0.2) is 0 Å². The minimum absolute atomic E-state index is 0. The van der Waals surface area contributed by atoms with Crippen molar-refractivity contribution in [3.05, 3.63) is 0 Å². The monoisotopic (exact) mass is 191 g/mol. The molecule has 1 aliphatic carbocycles. The van der Waals surface area contributed by atoms with Gasteiger partial charge in [-0.1, -0.05) is 6.42 Å². The predicted octanol–water partition coefficient (Wildman–Crippen LogP) is 0.881. The summed E-state index contributed by atoms with van der Waals surface area (Å²) in [6, 6.07) is 0.510. The lowest BCUT2D eigenvalue weighted by Gasteiger charge is -2.11. The normalized spacial score (nSPS) is 38.8. The molecule has 2 N–H and O–H groups in total. The van der Waals surface area contributed by atoms with Gasteiger partial charge < -0.3 is 10.4 Å². The number of aliphatic carboxylic acids is 1. The molecule has 0 aromatic rings. The van der Waals surface area contributed by atoms with Gasteiger partial charge in [-0.25, -0.2) is 0 Å². The Kier molecular flexibility index (Phi) is 2.96. The van der Waals surface area contributed by atoms with E-state index >= 15 is 0 Å². The molecule has 0 amide bonds. The Hall–Kier alpha value is -0.280. The molecule has 0 radical (unpaired) electrons. The molecular weight excluding hydrogens is 178 g/mol. The molecule has 3 unspecified atom stereocenters. The molecule has 3 nitrogen and oxygen atoms in total. The van der Waals surface area contributed by atoms with E-state index in [-0.39, 0.29) is 18.3 Å². The van der Waals surface area contributed by atoms with Crippen molar-refractivity contribution in [2.75, 3.05) is 6.54 Å². The first-order valence-electron chi connectivity index (χ1n) is 4.25. The SMILES string of the molecule is Cl.O=C(O)C1CNC2CCCC21. The first-order chi connectivity index (χ1) is 5.29. The van der Waals surface area contributed by atoms with Crippen LogP contribution < -0.4 is 5.32 Å². The highest BCUT2D eigenvalue weighted by Gasteiger charge is 2.42.